The summed E-state index contributed by atoms with van der Waals surface area (Å²) in [7, 11) is 0. The van der Waals surface area contributed by atoms with Crippen molar-refractivity contribution in [2.24, 2.45) is 0 Å². The van der Waals surface area contributed by atoms with E-state index < -0.39 is 17.3 Å². The quantitative estimate of drug-likeness (QED) is 0.766. The first-order chi connectivity index (χ1) is 12.3. The Morgan fingerprint density at radius 2 is 1.69 bits per heavy atom. The van der Waals surface area contributed by atoms with E-state index in [0.717, 1.165) is 17.2 Å². The molecule has 0 saturated heterocycles. The molecule has 0 saturated carbocycles. The Kier molecular flexibility index (Phi) is 5.06. The lowest BCUT2D eigenvalue weighted by molar-refractivity contribution is -0.137. The second-order valence-electron chi connectivity index (χ2n) is 6.95. The first kappa shape index (κ1) is 18.5. The zero-order valence-electron chi connectivity index (χ0n) is 14.6. The number of benzene rings is 2. The van der Waals surface area contributed by atoms with Crippen LogP contribution in [0, 0.1) is 11.3 Å². The molecule has 0 spiro atoms. The molecule has 3 rings (SSSR count). The number of hydrogen-bond donors (Lipinski definition) is 1. The van der Waals surface area contributed by atoms with Crippen LogP contribution in [0.15, 0.2) is 48.5 Å². The van der Waals surface area contributed by atoms with Crippen LogP contribution in [-0.4, -0.2) is 5.54 Å². The summed E-state index contributed by atoms with van der Waals surface area (Å²) in [5.41, 5.74) is 1.33. The predicted octanol–water partition coefficient (Wildman–Crippen LogP) is 5.20. The zero-order chi connectivity index (χ0) is 18.8. The largest absolute Gasteiger partial charge is 0.416 e. The van der Waals surface area contributed by atoms with Gasteiger partial charge in [0.1, 0.15) is 5.54 Å². The number of rotatable bonds is 3. The molecule has 0 fully saturated rings. The summed E-state index contributed by atoms with van der Waals surface area (Å²) < 4.78 is 38.9. The van der Waals surface area contributed by atoms with E-state index in [-0.39, 0.29) is 6.04 Å². The van der Waals surface area contributed by atoms with Gasteiger partial charge in [-0.3, -0.25) is 5.32 Å². The minimum atomic E-state index is -4.34. The van der Waals surface area contributed by atoms with Gasteiger partial charge in [0.2, 0.25) is 0 Å². The van der Waals surface area contributed by atoms with E-state index in [1.165, 1.54) is 6.07 Å². The molecule has 1 N–H and O–H groups in total. The average molecular weight is 358 g/mol. The summed E-state index contributed by atoms with van der Waals surface area (Å²) in [5.74, 6) is 0. The standard InChI is InChI=1S/C21H21F3N2/c1-15(16-5-3-2-4-6-16)26-20(14-25)11-9-17-7-8-19(21(22,23)24)13-18(17)10-12-20/h2-8,13,15,26H,9-12H2,1H3/t15-,20+/m1/s1. The number of halogens is 3. The van der Waals surface area contributed by atoms with Crippen LogP contribution >= 0.6 is 0 Å². The van der Waals surface area contributed by atoms with Crippen LogP contribution in [0.3, 0.4) is 0 Å². The zero-order valence-corrected chi connectivity index (χ0v) is 14.6. The van der Waals surface area contributed by atoms with Crippen LogP contribution in [0.5, 0.6) is 0 Å². The maximum atomic E-state index is 13.0. The highest BCUT2D eigenvalue weighted by Crippen LogP contribution is 2.34. The van der Waals surface area contributed by atoms with Gasteiger partial charge in [-0.05, 0) is 61.4 Å². The van der Waals surface area contributed by atoms with Crippen molar-refractivity contribution >= 4 is 0 Å². The highest BCUT2D eigenvalue weighted by Gasteiger charge is 2.35. The first-order valence-electron chi connectivity index (χ1n) is 8.76. The van der Waals surface area contributed by atoms with Gasteiger partial charge in [-0.15, -0.1) is 0 Å². The van der Waals surface area contributed by atoms with Crippen LogP contribution in [0.25, 0.3) is 0 Å². The number of aryl methyl sites for hydroxylation is 2. The van der Waals surface area contributed by atoms with Crippen LogP contribution < -0.4 is 5.32 Å². The Morgan fingerprint density at radius 3 is 2.31 bits per heavy atom. The fourth-order valence-corrected chi connectivity index (χ4v) is 3.63. The molecule has 0 heterocycles. The van der Waals surface area contributed by atoms with Gasteiger partial charge in [0.25, 0.3) is 0 Å². The topological polar surface area (TPSA) is 35.8 Å². The number of alkyl halides is 3. The molecule has 0 unspecified atom stereocenters. The maximum absolute atomic E-state index is 13.0. The van der Waals surface area contributed by atoms with E-state index >= 15 is 0 Å². The summed E-state index contributed by atoms with van der Waals surface area (Å²) >= 11 is 0. The molecule has 0 aliphatic heterocycles. The molecule has 2 aromatic carbocycles. The van der Waals surface area contributed by atoms with Crippen molar-refractivity contribution in [1.29, 1.82) is 5.26 Å². The van der Waals surface area contributed by atoms with E-state index in [1.54, 1.807) is 6.07 Å². The highest BCUT2D eigenvalue weighted by molar-refractivity contribution is 5.36. The second-order valence-corrected chi connectivity index (χ2v) is 6.95. The maximum Gasteiger partial charge on any atom is 0.416 e. The van der Waals surface area contributed by atoms with E-state index in [0.29, 0.717) is 31.2 Å². The molecule has 0 amide bonds. The van der Waals surface area contributed by atoms with Crippen molar-refractivity contribution in [3.05, 3.63) is 70.8 Å². The first-order valence-corrected chi connectivity index (χ1v) is 8.76. The number of fused-ring (bicyclic) bond motifs is 1. The van der Waals surface area contributed by atoms with Crippen LogP contribution in [0.4, 0.5) is 13.2 Å². The molecule has 0 bridgehead atoms. The molecule has 136 valence electrons. The van der Waals surface area contributed by atoms with Crippen molar-refractivity contribution in [2.75, 3.05) is 0 Å². The van der Waals surface area contributed by atoms with Crippen molar-refractivity contribution in [1.82, 2.24) is 5.32 Å². The van der Waals surface area contributed by atoms with E-state index in [9.17, 15) is 18.4 Å². The Labute approximate surface area is 151 Å². The fourth-order valence-electron chi connectivity index (χ4n) is 3.63. The van der Waals surface area contributed by atoms with Crippen LogP contribution in [0.2, 0.25) is 0 Å². The van der Waals surface area contributed by atoms with Gasteiger partial charge in [0.15, 0.2) is 0 Å². The summed E-state index contributed by atoms with van der Waals surface area (Å²) in [6, 6.07) is 16.2. The third-order valence-electron chi connectivity index (χ3n) is 5.18. The molecular formula is C21H21F3N2. The van der Waals surface area contributed by atoms with Gasteiger partial charge < -0.3 is 0 Å². The highest BCUT2D eigenvalue weighted by atomic mass is 19.4. The monoisotopic (exact) mass is 358 g/mol. The van der Waals surface area contributed by atoms with E-state index in [4.69, 9.17) is 0 Å². The van der Waals surface area contributed by atoms with E-state index in [1.807, 2.05) is 37.3 Å². The van der Waals surface area contributed by atoms with Gasteiger partial charge in [0.05, 0.1) is 11.6 Å². The van der Waals surface area contributed by atoms with Gasteiger partial charge >= 0.3 is 6.18 Å². The second kappa shape index (κ2) is 7.13. The molecule has 2 nitrogen and oxygen atoms in total. The minimum Gasteiger partial charge on any atom is -0.293 e. The van der Waals surface area contributed by atoms with Gasteiger partial charge in [-0.1, -0.05) is 36.4 Å². The Bertz CT molecular complexity index is 808. The molecule has 5 heteroatoms. The van der Waals surface area contributed by atoms with Crippen molar-refractivity contribution < 1.29 is 13.2 Å². The lowest BCUT2D eigenvalue weighted by Crippen LogP contribution is -2.45. The molecule has 2 aromatic rings. The number of hydrogen-bond acceptors (Lipinski definition) is 2. The lowest BCUT2D eigenvalue weighted by Gasteiger charge is -2.30. The molecule has 2 atom stereocenters. The lowest BCUT2D eigenvalue weighted by atomic mass is 9.89. The van der Waals surface area contributed by atoms with Crippen LogP contribution in [-0.2, 0) is 19.0 Å². The van der Waals surface area contributed by atoms with Crippen LogP contribution in [0.1, 0.15) is 48.1 Å². The average Bonchev–Trinajstić information content (AvgIpc) is 2.82. The number of nitrogens with zero attached hydrogens (tertiary/aromatic N) is 1. The normalized spacial score (nSPS) is 21.3. The third-order valence-corrected chi connectivity index (χ3v) is 5.18. The molecule has 1 aliphatic rings. The molecule has 0 aromatic heterocycles. The smallest absolute Gasteiger partial charge is 0.293 e. The summed E-state index contributed by atoms with van der Waals surface area (Å²) in [4.78, 5) is 0. The molecule has 26 heavy (non-hydrogen) atoms. The summed E-state index contributed by atoms with van der Waals surface area (Å²) in [6.45, 7) is 2.01. The summed E-state index contributed by atoms with van der Waals surface area (Å²) in [6.07, 6.45) is -2.21. The Hall–Kier alpha value is -2.32. The fraction of sp³-hybridized carbons (Fsp3) is 0.381. The Balaban J connectivity index is 1.80. The molecular weight excluding hydrogens is 337 g/mol. The van der Waals surface area contributed by atoms with Gasteiger partial charge in [-0.25, -0.2) is 0 Å². The van der Waals surface area contributed by atoms with Crippen molar-refractivity contribution in [3.63, 3.8) is 0 Å². The molecule has 1 aliphatic carbocycles. The van der Waals surface area contributed by atoms with Gasteiger partial charge in [-0.2, -0.15) is 18.4 Å². The third kappa shape index (κ3) is 3.91. The van der Waals surface area contributed by atoms with Crippen molar-refractivity contribution in [3.8, 4) is 6.07 Å². The van der Waals surface area contributed by atoms with Gasteiger partial charge in [0, 0.05) is 6.04 Å². The number of nitrogens with one attached hydrogen (secondary N) is 1. The predicted molar refractivity (Wildman–Crippen MR) is 94.4 cm³/mol. The summed E-state index contributed by atoms with van der Waals surface area (Å²) in [5, 5.41) is 13.3. The molecule has 0 radical (unpaired) electrons. The van der Waals surface area contributed by atoms with E-state index in [2.05, 4.69) is 11.4 Å². The Morgan fingerprint density at radius 1 is 1.04 bits per heavy atom. The van der Waals surface area contributed by atoms with Crippen molar-refractivity contribution in [2.45, 2.75) is 50.4 Å². The minimum absolute atomic E-state index is 0.0113. The SMILES string of the molecule is C[C@@H](N[C@@]1(C#N)CCc2ccc(C(F)(F)F)cc2CC1)c1ccccc1. The number of nitriles is 1.